The first-order valence-electron chi connectivity index (χ1n) is 10.2. The van der Waals surface area contributed by atoms with E-state index in [-0.39, 0.29) is 11.0 Å². The molecular formula is C21H21BF3NO3. The number of carbonyl (C=O) groups is 1. The second-order valence-electron chi connectivity index (χ2n) is 8.22. The summed E-state index contributed by atoms with van der Waals surface area (Å²) in [5, 5.41) is 0. The third-order valence-corrected chi connectivity index (χ3v) is 5.74. The van der Waals surface area contributed by atoms with Crippen LogP contribution in [0, 0.1) is 17.5 Å². The largest absolute Gasteiger partial charge is 0.495 e. The van der Waals surface area contributed by atoms with Crippen LogP contribution in [0.2, 0.25) is 0 Å². The molecule has 1 amide bonds. The molecule has 152 valence electrons. The lowest BCUT2D eigenvalue weighted by molar-refractivity contribution is 0.00578. The van der Waals surface area contributed by atoms with Crippen molar-refractivity contribution < 1.29 is 30.0 Å². The van der Waals surface area contributed by atoms with Gasteiger partial charge >= 0.3 is 7.12 Å². The highest BCUT2D eigenvalue weighted by Gasteiger charge is 2.52. The number of hydrogen-bond donors (Lipinski definition) is 0. The average Bonchev–Trinajstić information content (AvgIpc) is 2.98. The molecule has 0 bridgehead atoms. The van der Waals surface area contributed by atoms with Gasteiger partial charge in [-0.3, -0.25) is 4.79 Å². The van der Waals surface area contributed by atoms with Crippen molar-refractivity contribution in [1.29, 1.82) is 0 Å². The van der Waals surface area contributed by atoms with E-state index >= 15 is 0 Å². The number of halogens is 3. The standard InChI is InChI=1S/C21H21BF3NO3/c1-20(2)21(3,4)29-22(28-20)12-8-17(24)15(18(25)9-12)11-26-10-14-13(19(26)27)6-5-7-16(14)23/h5-9H,10-11H2,1-4H3/i10D2. The van der Waals surface area contributed by atoms with Crippen molar-refractivity contribution in [3.63, 3.8) is 0 Å². The van der Waals surface area contributed by atoms with Crippen LogP contribution in [-0.4, -0.2) is 29.1 Å². The zero-order chi connectivity index (χ0) is 22.9. The molecule has 2 heterocycles. The number of fused-ring (bicyclic) bond motifs is 1. The van der Waals surface area contributed by atoms with Gasteiger partial charge in [0.25, 0.3) is 5.91 Å². The highest BCUT2D eigenvalue weighted by Crippen LogP contribution is 2.36. The van der Waals surface area contributed by atoms with Gasteiger partial charge in [0, 0.05) is 16.7 Å². The monoisotopic (exact) mass is 405 g/mol. The zero-order valence-corrected chi connectivity index (χ0v) is 16.5. The summed E-state index contributed by atoms with van der Waals surface area (Å²) in [7, 11) is -0.985. The molecule has 2 aliphatic rings. The fraction of sp³-hybridized carbons (Fsp3) is 0.381. The molecule has 2 aromatic carbocycles. The highest BCUT2D eigenvalue weighted by atomic mass is 19.1. The van der Waals surface area contributed by atoms with Gasteiger partial charge in [-0.05, 0) is 57.4 Å². The summed E-state index contributed by atoms with van der Waals surface area (Å²) in [5.74, 6) is -3.70. The maximum absolute atomic E-state index is 14.9. The van der Waals surface area contributed by atoms with E-state index in [0.29, 0.717) is 4.90 Å². The van der Waals surface area contributed by atoms with Crippen molar-refractivity contribution in [2.75, 3.05) is 0 Å². The third-order valence-electron chi connectivity index (χ3n) is 5.74. The molecule has 2 aromatic rings. The summed E-state index contributed by atoms with van der Waals surface area (Å²) in [6, 6.07) is 5.70. The van der Waals surface area contributed by atoms with Crippen molar-refractivity contribution in [1.82, 2.24) is 4.90 Å². The number of rotatable bonds is 3. The van der Waals surface area contributed by atoms with Crippen LogP contribution in [0.25, 0.3) is 0 Å². The predicted octanol–water partition coefficient (Wildman–Crippen LogP) is 3.56. The Morgan fingerprint density at radius 1 is 1.07 bits per heavy atom. The van der Waals surface area contributed by atoms with Crippen LogP contribution in [0.15, 0.2) is 30.3 Å². The Morgan fingerprint density at radius 3 is 2.21 bits per heavy atom. The lowest BCUT2D eigenvalue weighted by Crippen LogP contribution is -2.41. The maximum atomic E-state index is 14.9. The fourth-order valence-electron chi connectivity index (χ4n) is 3.31. The Balaban J connectivity index is 1.66. The number of benzene rings is 2. The molecule has 0 N–H and O–H groups in total. The minimum atomic E-state index is -2.55. The molecule has 0 aliphatic carbocycles. The van der Waals surface area contributed by atoms with Gasteiger partial charge in [-0.1, -0.05) is 6.07 Å². The van der Waals surface area contributed by atoms with Gasteiger partial charge in [-0.25, -0.2) is 13.2 Å². The Hall–Kier alpha value is -2.32. The normalized spacial score (nSPS) is 22.5. The fourth-order valence-corrected chi connectivity index (χ4v) is 3.31. The number of carbonyl (C=O) groups excluding carboxylic acids is 1. The van der Waals surface area contributed by atoms with Crippen LogP contribution in [0.3, 0.4) is 0 Å². The van der Waals surface area contributed by atoms with E-state index in [1.165, 1.54) is 12.1 Å². The quantitative estimate of drug-likeness (QED) is 0.734. The molecule has 8 heteroatoms. The van der Waals surface area contributed by atoms with Gasteiger partial charge in [0.1, 0.15) is 17.5 Å². The average molecular weight is 405 g/mol. The second-order valence-corrected chi connectivity index (χ2v) is 8.22. The van der Waals surface area contributed by atoms with E-state index < -0.39 is 65.8 Å². The van der Waals surface area contributed by atoms with Crippen LogP contribution in [-0.2, 0) is 22.4 Å². The summed E-state index contributed by atoms with van der Waals surface area (Å²) >= 11 is 0. The molecule has 0 unspecified atom stereocenters. The Kier molecular flexibility index (Phi) is 3.99. The van der Waals surface area contributed by atoms with Gasteiger partial charge < -0.3 is 14.2 Å². The molecule has 2 aliphatic heterocycles. The lowest BCUT2D eigenvalue weighted by Gasteiger charge is -2.32. The molecule has 0 aromatic heterocycles. The Bertz CT molecular complexity index is 1050. The van der Waals surface area contributed by atoms with Gasteiger partial charge in [-0.15, -0.1) is 0 Å². The van der Waals surface area contributed by atoms with Gasteiger partial charge in [0.2, 0.25) is 0 Å². The zero-order valence-electron chi connectivity index (χ0n) is 18.5. The van der Waals surface area contributed by atoms with E-state index in [0.717, 1.165) is 18.2 Å². The van der Waals surface area contributed by atoms with Crippen molar-refractivity contribution in [3.8, 4) is 0 Å². The van der Waals surface area contributed by atoms with E-state index in [9.17, 15) is 18.0 Å². The van der Waals surface area contributed by atoms with Crippen molar-refractivity contribution >= 4 is 18.5 Å². The van der Waals surface area contributed by atoms with Crippen molar-refractivity contribution in [2.24, 2.45) is 0 Å². The minimum Gasteiger partial charge on any atom is -0.399 e. The molecule has 4 rings (SSSR count). The minimum absolute atomic E-state index is 0.127. The smallest absolute Gasteiger partial charge is 0.399 e. The summed E-state index contributed by atoms with van der Waals surface area (Å²) in [6.07, 6.45) is 0. The van der Waals surface area contributed by atoms with E-state index in [4.69, 9.17) is 12.1 Å². The molecule has 1 saturated heterocycles. The van der Waals surface area contributed by atoms with Gasteiger partial charge in [-0.2, -0.15) is 0 Å². The Morgan fingerprint density at radius 2 is 1.66 bits per heavy atom. The van der Waals surface area contributed by atoms with Crippen LogP contribution >= 0.6 is 0 Å². The molecule has 29 heavy (non-hydrogen) atoms. The van der Waals surface area contributed by atoms with E-state index in [1.807, 2.05) is 27.7 Å². The first-order valence-corrected chi connectivity index (χ1v) is 9.21. The van der Waals surface area contributed by atoms with Gasteiger partial charge in [0.05, 0.1) is 27.0 Å². The van der Waals surface area contributed by atoms with Crippen LogP contribution < -0.4 is 5.46 Å². The predicted molar refractivity (Wildman–Crippen MR) is 102 cm³/mol. The van der Waals surface area contributed by atoms with E-state index in [2.05, 4.69) is 0 Å². The first kappa shape index (κ1) is 17.5. The molecule has 0 spiro atoms. The van der Waals surface area contributed by atoms with Crippen LogP contribution in [0.1, 0.15) is 51.9 Å². The molecule has 1 fully saturated rings. The van der Waals surface area contributed by atoms with Crippen LogP contribution in [0.5, 0.6) is 0 Å². The summed E-state index contributed by atoms with van der Waals surface area (Å²) in [5.41, 5.74) is -2.38. The number of hydrogen-bond acceptors (Lipinski definition) is 3. The van der Waals surface area contributed by atoms with Crippen LogP contribution in [0.4, 0.5) is 13.2 Å². The molecule has 4 nitrogen and oxygen atoms in total. The highest BCUT2D eigenvalue weighted by molar-refractivity contribution is 6.62. The van der Waals surface area contributed by atoms with Crippen molar-refractivity contribution in [2.45, 2.75) is 51.9 Å². The summed E-state index contributed by atoms with van der Waals surface area (Å²) < 4.78 is 72.0. The van der Waals surface area contributed by atoms with Gasteiger partial charge in [0.15, 0.2) is 0 Å². The molecule has 0 saturated carbocycles. The summed E-state index contributed by atoms with van der Waals surface area (Å²) in [4.78, 5) is 13.3. The van der Waals surface area contributed by atoms with E-state index in [1.54, 1.807) is 0 Å². The third kappa shape index (κ3) is 3.24. The number of amides is 1. The Labute approximate surface area is 170 Å². The second kappa shape index (κ2) is 6.60. The maximum Gasteiger partial charge on any atom is 0.495 e. The lowest BCUT2D eigenvalue weighted by atomic mass is 9.78. The topological polar surface area (TPSA) is 38.8 Å². The summed E-state index contributed by atoms with van der Waals surface area (Å²) in [6.45, 7) is 3.98. The molecule has 0 radical (unpaired) electrons. The number of nitrogens with zero attached hydrogens (tertiary/aromatic N) is 1. The molecular weight excluding hydrogens is 382 g/mol. The van der Waals surface area contributed by atoms with Crippen molar-refractivity contribution in [3.05, 3.63) is 64.5 Å². The molecule has 0 atom stereocenters. The first-order chi connectivity index (χ1) is 14.3. The SMILES string of the molecule is [2H]C1([2H])c2c(F)cccc2C(=O)N1Cc1c(F)cc(B2OC(C)(C)C(C)(C)O2)cc1F.